The van der Waals surface area contributed by atoms with E-state index in [1.54, 1.807) is 4.90 Å². The number of hydrogen-bond acceptors (Lipinski definition) is 4. The standard InChI is InChI=1S/C26H35N3O4/c1-18(2)10-15-29-19(3)16-23(20(29)4)24(30)17-33-25(31)21-11-13-28(14-12-21)26(32)27-22-8-6-5-7-9-22/h5-9,16,18,21H,10-15,17H2,1-4H3,(H,27,32). The van der Waals surface area contributed by atoms with Crippen molar-refractivity contribution in [2.45, 2.75) is 53.5 Å². The van der Waals surface area contributed by atoms with Gasteiger partial charge in [0, 0.05) is 42.3 Å². The summed E-state index contributed by atoms with van der Waals surface area (Å²) in [6.07, 6.45) is 2.10. The SMILES string of the molecule is Cc1cc(C(=O)COC(=O)C2CCN(C(=O)Nc3ccccc3)CC2)c(C)n1CCC(C)C. The molecule has 1 N–H and O–H groups in total. The Morgan fingerprint density at radius 2 is 1.76 bits per heavy atom. The molecule has 0 atom stereocenters. The number of carbonyl (C=O) groups excluding carboxylic acids is 3. The number of aromatic nitrogens is 1. The van der Waals surface area contributed by atoms with E-state index in [0.29, 0.717) is 37.4 Å². The topological polar surface area (TPSA) is 80.6 Å². The molecule has 0 spiro atoms. The van der Waals surface area contributed by atoms with Crippen LogP contribution in [0.2, 0.25) is 0 Å². The number of Topliss-reactive ketones (excluding diaryl/α,β-unsaturated/α-hetero) is 1. The number of esters is 1. The van der Waals surface area contributed by atoms with Crippen LogP contribution < -0.4 is 5.32 Å². The first-order chi connectivity index (χ1) is 15.8. The van der Waals surface area contributed by atoms with Crippen LogP contribution in [0, 0.1) is 25.7 Å². The van der Waals surface area contributed by atoms with Crippen molar-refractivity contribution >= 4 is 23.5 Å². The highest BCUT2D eigenvalue weighted by molar-refractivity contribution is 5.99. The van der Waals surface area contributed by atoms with Gasteiger partial charge in [0.25, 0.3) is 0 Å². The average Bonchev–Trinajstić information content (AvgIpc) is 3.09. The summed E-state index contributed by atoms with van der Waals surface area (Å²) in [7, 11) is 0. The molecular formula is C26H35N3O4. The number of piperidine rings is 1. The predicted molar refractivity (Wildman–Crippen MR) is 128 cm³/mol. The summed E-state index contributed by atoms with van der Waals surface area (Å²) in [6.45, 7) is 9.88. The van der Waals surface area contributed by atoms with Crippen molar-refractivity contribution in [2.75, 3.05) is 25.0 Å². The summed E-state index contributed by atoms with van der Waals surface area (Å²) in [4.78, 5) is 39.4. The molecule has 1 aromatic carbocycles. The van der Waals surface area contributed by atoms with Crippen LogP contribution in [0.1, 0.15) is 54.9 Å². The highest BCUT2D eigenvalue weighted by Gasteiger charge is 2.29. The Balaban J connectivity index is 1.46. The molecule has 2 heterocycles. The van der Waals surface area contributed by atoms with Gasteiger partial charge in [-0.2, -0.15) is 0 Å². The normalized spacial score (nSPS) is 14.4. The van der Waals surface area contributed by atoms with Gasteiger partial charge >= 0.3 is 12.0 Å². The van der Waals surface area contributed by atoms with Gasteiger partial charge in [0.15, 0.2) is 6.61 Å². The van der Waals surface area contributed by atoms with Crippen LogP contribution in [0.5, 0.6) is 0 Å². The fourth-order valence-electron chi connectivity index (χ4n) is 4.19. The van der Waals surface area contributed by atoms with E-state index < -0.39 is 0 Å². The summed E-state index contributed by atoms with van der Waals surface area (Å²) in [6, 6.07) is 11.0. The van der Waals surface area contributed by atoms with Crippen molar-refractivity contribution in [1.82, 2.24) is 9.47 Å². The lowest BCUT2D eigenvalue weighted by Gasteiger charge is -2.30. The van der Waals surface area contributed by atoms with Crippen LogP contribution in [-0.4, -0.2) is 46.9 Å². The molecule has 1 aliphatic rings. The van der Waals surface area contributed by atoms with Crippen molar-refractivity contribution < 1.29 is 19.1 Å². The number of carbonyl (C=O) groups is 3. The molecule has 7 heteroatoms. The Labute approximate surface area is 196 Å². The number of benzene rings is 1. The molecule has 3 rings (SSSR count). The maximum atomic E-state index is 12.7. The zero-order chi connectivity index (χ0) is 24.0. The van der Waals surface area contributed by atoms with Crippen LogP contribution in [0.25, 0.3) is 0 Å². The number of rotatable bonds is 8. The smallest absolute Gasteiger partial charge is 0.321 e. The van der Waals surface area contributed by atoms with Crippen molar-refractivity contribution in [3.05, 3.63) is 53.3 Å². The van der Waals surface area contributed by atoms with E-state index in [9.17, 15) is 14.4 Å². The van der Waals surface area contributed by atoms with Crippen molar-refractivity contribution in [1.29, 1.82) is 0 Å². The van der Waals surface area contributed by atoms with Crippen molar-refractivity contribution in [3.63, 3.8) is 0 Å². The van der Waals surface area contributed by atoms with Gasteiger partial charge in [-0.25, -0.2) is 4.79 Å². The van der Waals surface area contributed by atoms with Gasteiger partial charge in [0.2, 0.25) is 5.78 Å². The highest BCUT2D eigenvalue weighted by Crippen LogP contribution is 2.21. The van der Waals surface area contributed by atoms with Crippen LogP contribution in [0.3, 0.4) is 0 Å². The Kier molecular flexibility index (Phi) is 8.31. The van der Waals surface area contributed by atoms with E-state index >= 15 is 0 Å². The second kappa shape index (κ2) is 11.2. The number of ketones is 1. The number of aryl methyl sites for hydroxylation is 1. The van der Waals surface area contributed by atoms with Crippen LogP contribution in [0.4, 0.5) is 10.5 Å². The predicted octanol–water partition coefficient (Wildman–Crippen LogP) is 4.82. The van der Waals surface area contributed by atoms with Crippen LogP contribution in [0.15, 0.2) is 36.4 Å². The fraction of sp³-hybridized carbons (Fsp3) is 0.500. The Morgan fingerprint density at radius 3 is 2.39 bits per heavy atom. The van der Waals surface area contributed by atoms with Gasteiger partial charge in [-0.05, 0) is 57.2 Å². The molecule has 178 valence electrons. The molecule has 0 aliphatic carbocycles. The maximum Gasteiger partial charge on any atom is 0.321 e. The Bertz CT molecular complexity index is 973. The molecule has 2 amide bonds. The molecule has 1 saturated heterocycles. The minimum atomic E-state index is -0.361. The lowest BCUT2D eigenvalue weighted by Crippen LogP contribution is -2.42. The number of para-hydroxylation sites is 1. The lowest BCUT2D eigenvalue weighted by molar-refractivity contribution is -0.148. The van der Waals surface area contributed by atoms with Gasteiger partial charge < -0.3 is 19.5 Å². The van der Waals surface area contributed by atoms with Gasteiger partial charge in [0.1, 0.15) is 0 Å². The van der Waals surface area contributed by atoms with Gasteiger partial charge in [-0.15, -0.1) is 0 Å². The molecule has 0 unspecified atom stereocenters. The van der Waals surface area contributed by atoms with E-state index in [4.69, 9.17) is 4.74 Å². The van der Waals surface area contributed by atoms with Gasteiger partial charge in [-0.1, -0.05) is 32.0 Å². The van der Waals surface area contributed by atoms with Crippen LogP contribution in [-0.2, 0) is 16.1 Å². The molecule has 0 radical (unpaired) electrons. The summed E-state index contributed by atoms with van der Waals surface area (Å²) >= 11 is 0. The van der Waals surface area contributed by atoms with E-state index in [1.807, 2.05) is 50.2 Å². The molecule has 7 nitrogen and oxygen atoms in total. The quantitative estimate of drug-likeness (QED) is 0.459. The van der Waals surface area contributed by atoms with Gasteiger partial charge in [0.05, 0.1) is 5.92 Å². The lowest BCUT2D eigenvalue weighted by atomic mass is 9.97. The zero-order valence-corrected chi connectivity index (χ0v) is 20.1. The minimum Gasteiger partial charge on any atom is -0.457 e. The fourth-order valence-corrected chi connectivity index (χ4v) is 4.19. The molecule has 33 heavy (non-hydrogen) atoms. The third-order valence-electron chi connectivity index (χ3n) is 6.29. The highest BCUT2D eigenvalue weighted by atomic mass is 16.5. The minimum absolute atomic E-state index is 0.170. The summed E-state index contributed by atoms with van der Waals surface area (Å²) in [5, 5.41) is 2.86. The summed E-state index contributed by atoms with van der Waals surface area (Å²) in [5.41, 5.74) is 3.33. The molecular weight excluding hydrogens is 418 g/mol. The average molecular weight is 454 g/mol. The van der Waals surface area contributed by atoms with E-state index in [2.05, 4.69) is 23.7 Å². The van der Waals surface area contributed by atoms with Crippen molar-refractivity contribution in [3.8, 4) is 0 Å². The molecule has 1 aliphatic heterocycles. The first-order valence-electron chi connectivity index (χ1n) is 11.7. The number of hydrogen-bond donors (Lipinski definition) is 1. The summed E-state index contributed by atoms with van der Waals surface area (Å²) in [5.74, 6) is -0.244. The van der Waals surface area contributed by atoms with E-state index in [0.717, 1.165) is 30.0 Å². The first-order valence-corrected chi connectivity index (χ1v) is 11.7. The third kappa shape index (κ3) is 6.46. The third-order valence-corrected chi connectivity index (χ3v) is 6.29. The van der Waals surface area contributed by atoms with E-state index in [1.165, 1.54) is 0 Å². The Morgan fingerprint density at radius 1 is 1.09 bits per heavy atom. The first kappa shape index (κ1) is 24.6. The molecule has 0 bridgehead atoms. The van der Waals surface area contributed by atoms with Gasteiger partial charge in [-0.3, -0.25) is 9.59 Å². The van der Waals surface area contributed by atoms with Crippen LogP contribution >= 0.6 is 0 Å². The Hall–Kier alpha value is -3.09. The largest absolute Gasteiger partial charge is 0.457 e. The number of urea groups is 1. The number of nitrogens with one attached hydrogen (secondary N) is 1. The summed E-state index contributed by atoms with van der Waals surface area (Å²) < 4.78 is 7.53. The zero-order valence-electron chi connectivity index (χ0n) is 20.1. The maximum absolute atomic E-state index is 12.7. The number of ether oxygens (including phenoxy) is 1. The second-order valence-corrected chi connectivity index (χ2v) is 9.21. The monoisotopic (exact) mass is 453 g/mol. The number of amides is 2. The number of nitrogens with zero attached hydrogens (tertiary/aromatic N) is 2. The second-order valence-electron chi connectivity index (χ2n) is 9.21. The van der Waals surface area contributed by atoms with Crippen molar-refractivity contribution in [2.24, 2.45) is 11.8 Å². The molecule has 1 fully saturated rings. The molecule has 0 saturated carbocycles. The number of anilines is 1. The number of likely N-dealkylation sites (tertiary alicyclic amines) is 1. The molecule has 2 aromatic rings. The van der Waals surface area contributed by atoms with E-state index in [-0.39, 0.29) is 30.3 Å². The molecule has 1 aromatic heterocycles.